The summed E-state index contributed by atoms with van der Waals surface area (Å²) < 4.78 is 5.29. The SMILES string of the molecule is CC(C)(C)NC(=O)CNC(=NCc1ccc([N+](=O)[O-])cc1)NCc1ccco1.I. The lowest BCUT2D eigenvalue weighted by molar-refractivity contribution is -0.384. The molecule has 1 aromatic carbocycles. The maximum atomic E-state index is 12.0. The van der Waals surface area contributed by atoms with Gasteiger partial charge in [0.15, 0.2) is 5.96 Å². The van der Waals surface area contributed by atoms with Gasteiger partial charge in [0.25, 0.3) is 5.69 Å². The Morgan fingerprint density at radius 2 is 1.86 bits per heavy atom. The van der Waals surface area contributed by atoms with Crippen LogP contribution < -0.4 is 16.0 Å². The van der Waals surface area contributed by atoms with Gasteiger partial charge < -0.3 is 20.4 Å². The number of furan rings is 1. The van der Waals surface area contributed by atoms with Crippen LogP contribution in [0.15, 0.2) is 52.1 Å². The number of amides is 1. The minimum atomic E-state index is -0.446. The van der Waals surface area contributed by atoms with Crippen LogP contribution in [0.1, 0.15) is 32.1 Å². The summed E-state index contributed by atoms with van der Waals surface area (Å²) in [5, 5.41) is 19.7. The maximum Gasteiger partial charge on any atom is 0.269 e. The fraction of sp³-hybridized carbons (Fsp3) is 0.368. The molecule has 0 atom stereocenters. The molecule has 9 nitrogen and oxygen atoms in total. The highest BCUT2D eigenvalue weighted by Gasteiger charge is 2.14. The molecule has 0 aliphatic rings. The molecule has 0 unspecified atom stereocenters. The molecule has 0 aliphatic carbocycles. The summed E-state index contributed by atoms with van der Waals surface area (Å²) in [5.74, 6) is 0.998. The standard InChI is InChI=1S/C19H25N5O4.HI/c1-19(2,3)23-17(25)13-22-18(21-12-16-5-4-10-28-16)20-11-14-6-8-15(9-7-14)24(26)27;/h4-10H,11-13H2,1-3H3,(H,23,25)(H2,20,21,22);1H. The summed E-state index contributed by atoms with van der Waals surface area (Å²) in [6.45, 7) is 6.48. The third-order valence-electron chi connectivity index (χ3n) is 3.51. The van der Waals surface area contributed by atoms with E-state index in [1.54, 1.807) is 24.5 Å². The number of nitrogens with zero attached hydrogens (tertiary/aromatic N) is 2. The number of hydrogen-bond donors (Lipinski definition) is 3. The van der Waals surface area contributed by atoms with Gasteiger partial charge in [-0.15, -0.1) is 24.0 Å². The Bertz CT molecular complexity index is 814. The molecule has 158 valence electrons. The van der Waals surface area contributed by atoms with E-state index in [9.17, 15) is 14.9 Å². The Hall–Kier alpha value is -2.63. The van der Waals surface area contributed by atoms with Gasteiger partial charge in [-0.1, -0.05) is 12.1 Å². The molecular weight excluding hydrogens is 489 g/mol. The van der Waals surface area contributed by atoms with Crippen molar-refractivity contribution in [2.24, 2.45) is 4.99 Å². The van der Waals surface area contributed by atoms with Crippen molar-refractivity contribution in [3.8, 4) is 0 Å². The van der Waals surface area contributed by atoms with Crippen molar-refractivity contribution in [3.63, 3.8) is 0 Å². The summed E-state index contributed by atoms with van der Waals surface area (Å²) in [4.78, 5) is 26.8. The number of benzene rings is 1. The Balaban J connectivity index is 0.00000420. The molecule has 0 radical (unpaired) electrons. The molecule has 1 aromatic heterocycles. The van der Waals surface area contributed by atoms with Crippen LogP contribution in [0.5, 0.6) is 0 Å². The summed E-state index contributed by atoms with van der Waals surface area (Å²) >= 11 is 0. The molecule has 0 spiro atoms. The number of rotatable bonds is 7. The van der Waals surface area contributed by atoms with Gasteiger partial charge in [0.2, 0.25) is 5.91 Å². The number of carbonyl (C=O) groups is 1. The van der Waals surface area contributed by atoms with Gasteiger partial charge in [-0.05, 0) is 38.5 Å². The molecule has 0 fully saturated rings. The molecule has 29 heavy (non-hydrogen) atoms. The average molecular weight is 515 g/mol. The van der Waals surface area contributed by atoms with Crippen LogP contribution in [-0.2, 0) is 17.9 Å². The van der Waals surface area contributed by atoms with E-state index in [1.165, 1.54) is 12.1 Å². The first kappa shape index (κ1) is 24.4. The Morgan fingerprint density at radius 1 is 1.17 bits per heavy atom. The zero-order valence-electron chi connectivity index (χ0n) is 16.6. The number of aliphatic imine (C=N–C) groups is 1. The summed E-state index contributed by atoms with van der Waals surface area (Å²) in [6.07, 6.45) is 1.58. The Labute approximate surface area is 186 Å². The minimum Gasteiger partial charge on any atom is -0.467 e. The summed E-state index contributed by atoms with van der Waals surface area (Å²) in [6, 6.07) is 9.79. The molecule has 0 bridgehead atoms. The minimum absolute atomic E-state index is 0. The third-order valence-corrected chi connectivity index (χ3v) is 3.51. The van der Waals surface area contributed by atoms with E-state index in [2.05, 4.69) is 20.9 Å². The normalized spacial score (nSPS) is 11.3. The molecule has 1 heterocycles. The maximum absolute atomic E-state index is 12.0. The molecule has 0 aliphatic heterocycles. The van der Waals surface area contributed by atoms with E-state index >= 15 is 0 Å². The number of nitrogens with one attached hydrogen (secondary N) is 3. The topological polar surface area (TPSA) is 122 Å². The van der Waals surface area contributed by atoms with Crippen molar-refractivity contribution in [1.82, 2.24) is 16.0 Å². The highest BCUT2D eigenvalue weighted by atomic mass is 127. The number of halogens is 1. The van der Waals surface area contributed by atoms with Crippen molar-refractivity contribution in [2.75, 3.05) is 6.54 Å². The van der Waals surface area contributed by atoms with Gasteiger partial charge in [-0.25, -0.2) is 4.99 Å². The second kappa shape index (κ2) is 11.4. The van der Waals surface area contributed by atoms with Gasteiger partial charge in [0.05, 0.1) is 30.8 Å². The highest BCUT2D eigenvalue weighted by molar-refractivity contribution is 14.0. The first-order chi connectivity index (χ1) is 13.2. The van der Waals surface area contributed by atoms with E-state index < -0.39 is 4.92 Å². The molecule has 2 aromatic rings. The number of hydrogen-bond acceptors (Lipinski definition) is 5. The molecule has 1 amide bonds. The van der Waals surface area contributed by atoms with Crippen molar-refractivity contribution in [1.29, 1.82) is 0 Å². The van der Waals surface area contributed by atoms with Crippen LogP contribution in [0.4, 0.5) is 5.69 Å². The lowest BCUT2D eigenvalue weighted by atomic mass is 10.1. The van der Waals surface area contributed by atoms with Gasteiger partial charge in [-0.2, -0.15) is 0 Å². The largest absolute Gasteiger partial charge is 0.467 e. The molecule has 10 heteroatoms. The fourth-order valence-electron chi connectivity index (χ4n) is 2.28. The molecule has 0 saturated heterocycles. The second-order valence-corrected chi connectivity index (χ2v) is 7.17. The van der Waals surface area contributed by atoms with E-state index in [4.69, 9.17) is 4.42 Å². The van der Waals surface area contributed by atoms with Gasteiger partial charge in [0, 0.05) is 17.7 Å². The van der Waals surface area contributed by atoms with Gasteiger partial charge >= 0.3 is 0 Å². The predicted molar refractivity (Wildman–Crippen MR) is 121 cm³/mol. The van der Waals surface area contributed by atoms with E-state index in [1.807, 2.05) is 26.8 Å². The number of guanidine groups is 1. The second-order valence-electron chi connectivity index (χ2n) is 7.17. The van der Waals surface area contributed by atoms with Gasteiger partial charge in [-0.3, -0.25) is 14.9 Å². The van der Waals surface area contributed by atoms with E-state index in [0.29, 0.717) is 19.0 Å². The van der Waals surface area contributed by atoms with Crippen molar-refractivity contribution in [3.05, 3.63) is 64.1 Å². The highest BCUT2D eigenvalue weighted by Crippen LogP contribution is 2.12. The zero-order chi connectivity index (χ0) is 20.6. The van der Waals surface area contributed by atoms with Gasteiger partial charge in [0.1, 0.15) is 5.76 Å². The first-order valence-electron chi connectivity index (χ1n) is 8.82. The van der Waals surface area contributed by atoms with Crippen LogP contribution >= 0.6 is 24.0 Å². The Morgan fingerprint density at radius 3 is 2.41 bits per heavy atom. The molecule has 0 saturated carbocycles. The van der Waals surface area contributed by atoms with Crippen LogP contribution in [0.25, 0.3) is 0 Å². The predicted octanol–water partition coefficient (Wildman–Crippen LogP) is 2.96. The average Bonchev–Trinajstić information content (AvgIpc) is 3.13. The quantitative estimate of drug-likeness (QED) is 0.171. The third kappa shape index (κ3) is 9.41. The number of nitro groups is 1. The number of non-ortho nitro benzene ring substituents is 1. The van der Waals surface area contributed by atoms with E-state index in [0.717, 1.165) is 11.3 Å². The van der Waals surface area contributed by atoms with E-state index in [-0.39, 0.29) is 47.7 Å². The summed E-state index contributed by atoms with van der Waals surface area (Å²) in [7, 11) is 0. The van der Waals surface area contributed by atoms with Crippen LogP contribution in [0.3, 0.4) is 0 Å². The Kier molecular flexibility index (Phi) is 9.59. The number of carbonyl (C=O) groups excluding carboxylic acids is 1. The molecule has 2 rings (SSSR count). The zero-order valence-corrected chi connectivity index (χ0v) is 18.9. The lowest BCUT2D eigenvalue weighted by Crippen LogP contribution is -2.48. The first-order valence-corrected chi connectivity index (χ1v) is 8.82. The molecule has 3 N–H and O–H groups in total. The molecular formula is C19H26IN5O4. The monoisotopic (exact) mass is 515 g/mol. The van der Waals surface area contributed by atoms with Crippen molar-refractivity contribution in [2.45, 2.75) is 39.4 Å². The summed E-state index contributed by atoms with van der Waals surface area (Å²) in [5.41, 5.74) is 0.515. The van der Waals surface area contributed by atoms with Crippen LogP contribution in [-0.4, -0.2) is 28.9 Å². The van der Waals surface area contributed by atoms with Crippen LogP contribution in [0, 0.1) is 10.1 Å². The fourth-order valence-corrected chi connectivity index (χ4v) is 2.28. The van der Waals surface area contributed by atoms with Crippen molar-refractivity contribution >= 4 is 41.5 Å². The van der Waals surface area contributed by atoms with Crippen LogP contribution in [0.2, 0.25) is 0 Å². The smallest absolute Gasteiger partial charge is 0.269 e. The number of nitro benzene ring substituents is 1. The van der Waals surface area contributed by atoms with Crippen molar-refractivity contribution < 1.29 is 14.1 Å². The lowest BCUT2D eigenvalue weighted by Gasteiger charge is -2.21.